The van der Waals surface area contributed by atoms with Gasteiger partial charge in [0.15, 0.2) is 5.96 Å². The van der Waals surface area contributed by atoms with E-state index in [1.54, 1.807) is 0 Å². The molecule has 1 heterocycles. The van der Waals surface area contributed by atoms with E-state index in [4.69, 9.17) is 9.73 Å². The molecule has 6 heteroatoms. The van der Waals surface area contributed by atoms with Gasteiger partial charge in [0.1, 0.15) is 0 Å². The summed E-state index contributed by atoms with van der Waals surface area (Å²) in [6, 6.07) is 8.92. The fourth-order valence-electron chi connectivity index (χ4n) is 5.21. The van der Waals surface area contributed by atoms with Crippen LogP contribution in [0.2, 0.25) is 0 Å². The number of aliphatic imine (C=N–C) groups is 1. The van der Waals surface area contributed by atoms with E-state index < -0.39 is 0 Å². The molecule has 164 valence electrons. The second-order valence-electron chi connectivity index (χ2n) is 8.90. The Hall–Kier alpha value is -2.08. The quantitative estimate of drug-likeness (QED) is 0.508. The molecule has 1 spiro atoms. The minimum atomic E-state index is 0.271. The van der Waals surface area contributed by atoms with Gasteiger partial charge in [-0.3, -0.25) is 4.79 Å². The fourth-order valence-corrected chi connectivity index (χ4v) is 5.21. The van der Waals surface area contributed by atoms with Crippen LogP contribution in [0.3, 0.4) is 0 Å². The third-order valence-corrected chi connectivity index (χ3v) is 7.05. The standard InChI is InChI=1S/C24H36N4O2/c1-3-25-23(27-20-15-21(30-4-2)24(20)11-7-12-24)26-16-18-8-5-9-19(14-18)17-28-13-6-10-22(28)29/h5,8-9,14,20-21H,3-4,6-7,10-13,15-17H2,1-2H3,(H2,25,26,27). The number of rotatable bonds is 8. The summed E-state index contributed by atoms with van der Waals surface area (Å²) in [5.74, 6) is 1.16. The average Bonchev–Trinajstić information content (AvgIpc) is 3.08. The van der Waals surface area contributed by atoms with Gasteiger partial charge in [-0.05, 0) is 50.7 Å². The molecule has 4 rings (SSSR count). The van der Waals surface area contributed by atoms with Gasteiger partial charge >= 0.3 is 0 Å². The van der Waals surface area contributed by atoms with Gasteiger partial charge in [-0.1, -0.05) is 30.7 Å². The van der Waals surface area contributed by atoms with Crippen molar-refractivity contribution in [3.63, 3.8) is 0 Å². The minimum absolute atomic E-state index is 0.271. The Kier molecular flexibility index (Phi) is 6.61. The van der Waals surface area contributed by atoms with E-state index in [1.165, 1.54) is 30.4 Å². The smallest absolute Gasteiger partial charge is 0.222 e. The number of nitrogens with one attached hydrogen (secondary N) is 2. The highest BCUT2D eigenvalue weighted by Crippen LogP contribution is 2.57. The van der Waals surface area contributed by atoms with Gasteiger partial charge in [-0.15, -0.1) is 0 Å². The molecule has 0 radical (unpaired) electrons. The molecule has 1 aliphatic heterocycles. The normalized spacial score (nSPS) is 25.2. The minimum Gasteiger partial charge on any atom is -0.378 e. The van der Waals surface area contributed by atoms with E-state index in [2.05, 4.69) is 48.7 Å². The van der Waals surface area contributed by atoms with Crippen LogP contribution in [-0.2, 0) is 22.6 Å². The van der Waals surface area contributed by atoms with Gasteiger partial charge in [-0.2, -0.15) is 0 Å². The molecule has 3 fully saturated rings. The SMILES string of the molecule is CCNC(=NCc1cccc(CN2CCCC2=O)c1)NC1CC(OCC)C12CCC2. The van der Waals surface area contributed by atoms with Crippen LogP contribution in [-0.4, -0.2) is 48.6 Å². The van der Waals surface area contributed by atoms with Crippen LogP contribution in [0, 0.1) is 5.41 Å². The Labute approximate surface area is 180 Å². The number of amides is 1. The predicted octanol–water partition coefficient (Wildman–Crippen LogP) is 3.21. The van der Waals surface area contributed by atoms with E-state index in [0.29, 0.717) is 37.1 Å². The lowest BCUT2D eigenvalue weighted by Gasteiger charge is -2.61. The summed E-state index contributed by atoms with van der Waals surface area (Å²) < 4.78 is 5.98. The van der Waals surface area contributed by atoms with Gasteiger partial charge < -0.3 is 20.3 Å². The van der Waals surface area contributed by atoms with Crippen molar-refractivity contribution in [3.8, 4) is 0 Å². The van der Waals surface area contributed by atoms with Crippen molar-refractivity contribution in [1.82, 2.24) is 15.5 Å². The number of hydrogen-bond acceptors (Lipinski definition) is 3. The third kappa shape index (κ3) is 4.34. The van der Waals surface area contributed by atoms with Gasteiger partial charge in [0.25, 0.3) is 0 Å². The number of hydrogen-bond donors (Lipinski definition) is 2. The molecule has 6 nitrogen and oxygen atoms in total. The maximum absolute atomic E-state index is 11.9. The van der Waals surface area contributed by atoms with Gasteiger partial charge in [0, 0.05) is 44.1 Å². The number of guanidine groups is 1. The molecule has 3 aliphatic rings. The van der Waals surface area contributed by atoms with Crippen molar-refractivity contribution in [2.45, 2.75) is 77.6 Å². The summed E-state index contributed by atoms with van der Waals surface area (Å²) in [6.07, 6.45) is 6.96. The van der Waals surface area contributed by atoms with Crippen molar-refractivity contribution in [1.29, 1.82) is 0 Å². The number of likely N-dealkylation sites (tertiary alicyclic amines) is 1. The first-order chi connectivity index (χ1) is 14.6. The van der Waals surface area contributed by atoms with E-state index >= 15 is 0 Å². The van der Waals surface area contributed by atoms with Crippen LogP contribution < -0.4 is 10.6 Å². The van der Waals surface area contributed by atoms with E-state index in [0.717, 1.165) is 38.5 Å². The molecule has 1 aromatic rings. The van der Waals surface area contributed by atoms with E-state index in [9.17, 15) is 4.79 Å². The lowest BCUT2D eigenvalue weighted by Crippen LogP contribution is -2.68. The molecule has 1 aromatic carbocycles. The lowest BCUT2D eigenvalue weighted by atomic mass is 9.51. The Morgan fingerprint density at radius 2 is 2.10 bits per heavy atom. The highest BCUT2D eigenvalue weighted by molar-refractivity contribution is 5.80. The molecule has 0 aromatic heterocycles. The third-order valence-electron chi connectivity index (χ3n) is 7.05. The first-order valence-electron chi connectivity index (χ1n) is 11.7. The summed E-state index contributed by atoms with van der Waals surface area (Å²) in [7, 11) is 0. The largest absolute Gasteiger partial charge is 0.378 e. The van der Waals surface area contributed by atoms with E-state index in [1.807, 2.05) is 4.90 Å². The molecular formula is C24H36N4O2. The summed E-state index contributed by atoms with van der Waals surface area (Å²) in [4.78, 5) is 18.7. The zero-order valence-corrected chi connectivity index (χ0v) is 18.5. The van der Waals surface area contributed by atoms with E-state index in [-0.39, 0.29) is 5.91 Å². The van der Waals surface area contributed by atoms with Gasteiger partial charge in [0.2, 0.25) is 5.91 Å². The highest BCUT2D eigenvalue weighted by atomic mass is 16.5. The van der Waals surface area contributed by atoms with Crippen LogP contribution >= 0.6 is 0 Å². The van der Waals surface area contributed by atoms with Crippen molar-refractivity contribution in [3.05, 3.63) is 35.4 Å². The second-order valence-corrected chi connectivity index (χ2v) is 8.90. The monoisotopic (exact) mass is 412 g/mol. The summed E-state index contributed by atoms with van der Waals surface area (Å²) in [6.45, 7) is 8.05. The molecule has 1 amide bonds. The van der Waals surface area contributed by atoms with Crippen molar-refractivity contribution in [2.24, 2.45) is 10.4 Å². The average molecular weight is 413 g/mol. The Balaban J connectivity index is 1.37. The first-order valence-corrected chi connectivity index (χ1v) is 11.7. The van der Waals surface area contributed by atoms with Crippen LogP contribution in [0.4, 0.5) is 0 Å². The maximum atomic E-state index is 11.9. The molecule has 2 unspecified atom stereocenters. The number of benzene rings is 1. The Morgan fingerprint density at radius 3 is 2.77 bits per heavy atom. The highest BCUT2D eigenvalue weighted by Gasteiger charge is 2.59. The number of ether oxygens (including phenoxy) is 1. The maximum Gasteiger partial charge on any atom is 0.222 e. The molecule has 0 bridgehead atoms. The number of carbonyl (C=O) groups excluding carboxylic acids is 1. The van der Waals surface area contributed by atoms with Crippen LogP contribution in [0.1, 0.15) is 63.5 Å². The van der Waals surface area contributed by atoms with Crippen molar-refractivity contribution >= 4 is 11.9 Å². The second kappa shape index (κ2) is 9.38. The predicted molar refractivity (Wildman–Crippen MR) is 119 cm³/mol. The number of nitrogens with zero attached hydrogens (tertiary/aromatic N) is 2. The summed E-state index contributed by atoms with van der Waals surface area (Å²) >= 11 is 0. The fraction of sp³-hybridized carbons (Fsp3) is 0.667. The molecule has 30 heavy (non-hydrogen) atoms. The summed E-state index contributed by atoms with van der Waals surface area (Å²) in [5, 5.41) is 7.10. The topological polar surface area (TPSA) is 66.0 Å². The zero-order chi connectivity index (χ0) is 21.0. The number of carbonyl (C=O) groups is 1. The van der Waals surface area contributed by atoms with Crippen LogP contribution in [0.15, 0.2) is 29.3 Å². The lowest BCUT2D eigenvalue weighted by molar-refractivity contribution is -0.168. The molecule has 1 saturated heterocycles. The molecular weight excluding hydrogens is 376 g/mol. The molecule has 2 saturated carbocycles. The van der Waals surface area contributed by atoms with Crippen LogP contribution in [0.25, 0.3) is 0 Å². The van der Waals surface area contributed by atoms with Crippen LogP contribution in [0.5, 0.6) is 0 Å². The Bertz CT molecular complexity index is 774. The summed E-state index contributed by atoms with van der Waals surface area (Å²) in [5.41, 5.74) is 2.67. The molecule has 2 N–H and O–H groups in total. The first kappa shape index (κ1) is 21.2. The van der Waals surface area contributed by atoms with Crippen molar-refractivity contribution < 1.29 is 9.53 Å². The van der Waals surface area contributed by atoms with Gasteiger partial charge in [-0.25, -0.2) is 4.99 Å². The molecule has 2 aliphatic carbocycles. The molecule has 2 atom stereocenters. The van der Waals surface area contributed by atoms with Crippen molar-refractivity contribution in [2.75, 3.05) is 19.7 Å². The Morgan fingerprint density at radius 1 is 1.27 bits per heavy atom. The van der Waals surface area contributed by atoms with Gasteiger partial charge in [0.05, 0.1) is 12.6 Å². The zero-order valence-electron chi connectivity index (χ0n) is 18.5.